The number of aromatic nitrogens is 1. The lowest BCUT2D eigenvalue weighted by molar-refractivity contribution is 0.157. The van der Waals surface area contributed by atoms with Crippen LogP contribution in [0, 0.1) is 18.8 Å². The van der Waals surface area contributed by atoms with E-state index >= 15 is 0 Å². The maximum atomic E-state index is 4.58. The molecule has 0 amide bonds. The monoisotopic (exact) mass is 295 g/mol. The van der Waals surface area contributed by atoms with E-state index in [4.69, 9.17) is 0 Å². The molecule has 0 aromatic carbocycles. The molecule has 0 bridgehead atoms. The van der Waals surface area contributed by atoms with E-state index in [1.54, 1.807) is 11.3 Å². The molecule has 114 valence electrons. The Bertz CT molecular complexity index is 404. The van der Waals surface area contributed by atoms with Gasteiger partial charge in [-0.25, -0.2) is 4.98 Å². The average molecular weight is 295 g/mol. The highest BCUT2D eigenvalue weighted by Gasteiger charge is 2.28. The first-order chi connectivity index (χ1) is 9.58. The lowest BCUT2D eigenvalue weighted by atomic mass is 9.78. The van der Waals surface area contributed by atoms with Crippen molar-refractivity contribution in [2.24, 2.45) is 11.8 Å². The Hall–Kier alpha value is -0.450. The van der Waals surface area contributed by atoms with Gasteiger partial charge in [0.05, 0.1) is 10.7 Å². The van der Waals surface area contributed by atoms with Gasteiger partial charge in [0.2, 0.25) is 0 Å². The van der Waals surface area contributed by atoms with Gasteiger partial charge in [-0.1, -0.05) is 13.8 Å². The molecule has 1 aromatic rings. The normalized spacial score (nSPS) is 27.1. The summed E-state index contributed by atoms with van der Waals surface area (Å²) in [6.45, 7) is 9.95. The van der Waals surface area contributed by atoms with Gasteiger partial charge < -0.3 is 10.2 Å². The molecule has 1 fully saturated rings. The van der Waals surface area contributed by atoms with Crippen LogP contribution in [-0.4, -0.2) is 36.1 Å². The number of aryl methyl sites for hydroxylation is 1. The summed E-state index contributed by atoms with van der Waals surface area (Å²) in [6, 6.07) is 0.704. The van der Waals surface area contributed by atoms with Gasteiger partial charge in [-0.2, -0.15) is 0 Å². The lowest BCUT2D eigenvalue weighted by Gasteiger charge is -2.37. The number of thiazole rings is 1. The topological polar surface area (TPSA) is 28.2 Å². The average Bonchev–Trinajstić information content (AvgIpc) is 2.78. The number of nitrogens with one attached hydrogen (secondary N) is 1. The van der Waals surface area contributed by atoms with Crippen molar-refractivity contribution in [3.8, 4) is 0 Å². The molecule has 3 unspecified atom stereocenters. The lowest BCUT2D eigenvalue weighted by Crippen LogP contribution is -2.44. The summed E-state index contributed by atoms with van der Waals surface area (Å²) in [6.07, 6.45) is 4.07. The van der Waals surface area contributed by atoms with Gasteiger partial charge in [0.15, 0.2) is 0 Å². The molecule has 0 spiro atoms. The van der Waals surface area contributed by atoms with Gasteiger partial charge in [0.1, 0.15) is 0 Å². The summed E-state index contributed by atoms with van der Waals surface area (Å²) in [4.78, 5) is 7.02. The van der Waals surface area contributed by atoms with E-state index in [1.807, 2.05) is 0 Å². The third kappa shape index (κ3) is 4.54. The predicted octanol–water partition coefficient (Wildman–Crippen LogP) is 3.30. The second-order valence-electron chi connectivity index (χ2n) is 6.40. The van der Waals surface area contributed by atoms with Crippen LogP contribution < -0.4 is 5.32 Å². The molecule has 4 heteroatoms. The van der Waals surface area contributed by atoms with Gasteiger partial charge in [-0.05, 0) is 51.6 Å². The SMILES string of the molecule is CCNC1CCC(C)CC1CN(C)Cc1csc(C)n1. The highest BCUT2D eigenvalue weighted by Crippen LogP contribution is 2.29. The van der Waals surface area contributed by atoms with E-state index < -0.39 is 0 Å². The quantitative estimate of drug-likeness (QED) is 0.873. The first-order valence-corrected chi connectivity index (χ1v) is 8.79. The van der Waals surface area contributed by atoms with Crippen molar-refractivity contribution in [3.05, 3.63) is 16.1 Å². The van der Waals surface area contributed by atoms with Crippen LogP contribution in [0.15, 0.2) is 5.38 Å². The minimum absolute atomic E-state index is 0.704. The largest absolute Gasteiger partial charge is 0.314 e. The first-order valence-electron chi connectivity index (χ1n) is 7.91. The third-order valence-corrected chi connectivity index (χ3v) is 5.18. The molecular weight excluding hydrogens is 266 g/mol. The summed E-state index contributed by atoms with van der Waals surface area (Å²) in [7, 11) is 2.23. The number of hydrogen-bond acceptors (Lipinski definition) is 4. The molecule has 1 saturated carbocycles. The van der Waals surface area contributed by atoms with Gasteiger partial charge in [0.25, 0.3) is 0 Å². The molecule has 1 aromatic heterocycles. The van der Waals surface area contributed by atoms with Crippen molar-refractivity contribution in [3.63, 3.8) is 0 Å². The van der Waals surface area contributed by atoms with Gasteiger partial charge >= 0.3 is 0 Å². The Labute approximate surface area is 127 Å². The van der Waals surface area contributed by atoms with E-state index in [9.17, 15) is 0 Å². The fraction of sp³-hybridized carbons (Fsp3) is 0.812. The van der Waals surface area contributed by atoms with Crippen molar-refractivity contribution < 1.29 is 0 Å². The highest BCUT2D eigenvalue weighted by atomic mass is 32.1. The fourth-order valence-electron chi connectivity index (χ4n) is 3.45. The molecule has 1 N–H and O–H groups in total. The fourth-order valence-corrected chi connectivity index (χ4v) is 4.06. The standard InChI is InChI=1S/C16H29N3S/c1-5-17-16-7-6-12(2)8-14(16)9-19(4)10-15-11-20-13(3)18-15/h11-12,14,16-17H,5-10H2,1-4H3. The van der Waals surface area contributed by atoms with Crippen molar-refractivity contribution in [1.29, 1.82) is 0 Å². The Kier molecular flexibility index (Phi) is 6.00. The third-order valence-electron chi connectivity index (χ3n) is 4.36. The van der Waals surface area contributed by atoms with Crippen molar-refractivity contribution in [2.75, 3.05) is 20.1 Å². The number of hydrogen-bond donors (Lipinski definition) is 1. The van der Waals surface area contributed by atoms with E-state index in [0.29, 0.717) is 6.04 Å². The van der Waals surface area contributed by atoms with Gasteiger partial charge in [0, 0.05) is 24.5 Å². The minimum Gasteiger partial charge on any atom is -0.314 e. The molecule has 1 aliphatic carbocycles. The van der Waals surface area contributed by atoms with Crippen LogP contribution in [0.25, 0.3) is 0 Å². The maximum Gasteiger partial charge on any atom is 0.0897 e. The number of nitrogens with zero attached hydrogens (tertiary/aromatic N) is 2. The van der Waals surface area contributed by atoms with Crippen LogP contribution in [0.2, 0.25) is 0 Å². The second-order valence-corrected chi connectivity index (χ2v) is 7.46. The molecule has 1 heterocycles. The van der Waals surface area contributed by atoms with Crippen LogP contribution in [0.3, 0.4) is 0 Å². The van der Waals surface area contributed by atoms with Crippen LogP contribution >= 0.6 is 11.3 Å². The van der Waals surface area contributed by atoms with Gasteiger partial charge in [-0.3, -0.25) is 0 Å². The molecule has 0 saturated heterocycles. The molecule has 3 atom stereocenters. The summed E-state index contributed by atoms with van der Waals surface area (Å²) in [5.74, 6) is 1.66. The van der Waals surface area contributed by atoms with Gasteiger partial charge in [-0.15, -0.1) is 11.3 Å². The molecule has 20 heavy (non-hydrogen) atoms. The first kappa shape index (κ1) is 15.9. The van der Waals surface area contributed by atoms with Crippen LogP contribution in [-0.2, 0) is 6.54 Å². The summed E-state index contributed by atoms with van der Waals surface area (Å²) < 4.78 is 0. The van der Waals surface area contributed by atoms with Crippen molar-refractivity contribution in [2.45, 2.75) is 52.6 Å². The molecular formula is C16H29N3S. The van der Waals surface area contributed by atoms with Crippen LogP contribution in [0.5, 0.6) is 0 Å². The zero-order valence-corrected chi connectivity index (χ0v) is 14.2. The van der Waals surface area contributed by atoms with E-state index in [2.05, 4.69) is 48.4 Å². The van der Waals surface area contributed by atoms with E-state index in [0.717, 1.165) is 24.9 Å². The molecule has 3 nitrogen and oxygen atoms in total. The molecule has 0 radical (unpaired) electrons. The van der Waals surface area contributed by atoms with E-state index in [-0.39, 0.29) is 0 Å². The zero-order valence-electron chi connectivity index (χ0n) is 13.4. The Morgan fingerprint density at radius 1 is 1.45 bits per heavy atom. The Morgan fingerprint density at radius 2 is 2.25 bits per heavy atom. The van der Waals surface area contributed by atoms with Crippen molar-refractivity contribution in [1.82, 2.24) is 15.2 Å². The highest BCUT2D eigenvalue weighted by molar-refractivity contribution is 7.09. The number of rotatable bonds is 6. The van der Waals surface area contributed by atoms with Crippen molar-refractivity contribution >= 4 is 11.3 Å². The summed E-state index contributed by atoms with van der Waals surface area (Å²) in [5, 5.41) is 7.05. The van der Waals surface area contributed by atoms with Crippen LogP contribution in [0.1, 0.15) is 43.8 Å². The smallest absolute Gasteiger partial charge is 0.0897 e. The summed E-state index contributed by atoms with van der Waals surface area (Å²) >= 11 is 1.75. The molecule has 1 aliphatic rings. The van der Waals surface area contributed by atoms with Crippen LogP contribution in [0.4, 0.5) is 0 Å². The Morgan fingerprint density at radius 3 is 2.90 bits per heavy atom. The van der Waals surface area contributed by atoms with E-state index in [1.165, 1.54) is 36.5 Å². The maximum absolute atomic E-state index is 4.58. The minimum atomic E-state index is 0.704. The zero-order chi connectivity index (χ0) is 14.5. The second kappa shape index (κ2) is 7.53. The molecule has 2 rings (SSSR count). The predicted molar refractivity (Wildman–Crippen MR) is 87.2 cm³/mol. The summed E-state index contributed by atoms with van der Waals surface area (Å²) in [5.41, 5.74) is 1.22. The molecule has 0 aliphatic heterocycles. The Balaban J connectivity index is 1.88.